The van der Waals surface area contributed by atoms with E-state index in [1.807, 2.05) is 24.3 Å². The van der Waals surface area contributed by atoms with Gasteiger partial charge in [0.25, 0.3) is 0 Å². The lowest BCUT2D eigenvalue weighted by Gasteiger charge is -2.15. The summed E-state index contributed by atoms with van der Waals surface area (Å²) < 4.78 is 4.66. The Kier molecular flexibility index (Phi) is 4.75. The van der Waals surface area contributed by atoms with Crippen molar-refractivity contribution in [3.8, 4) is 22.3 Å². The van der Waals surface area contributed by atoms with Gasteiger partial charge in [-0.1, -0.05) is 84.9 Å². The van der Waals surface area contributed by atoms with Crippen molar-refractivity contribution in [2.24, 2.45) is 0 Å². The number of rotatable bonds is 3. The Hall–Kier alpha value is -3.99. The molecular formula is C32H20O2S2. The summed E-state index contributed by atoms with van der Waals surface area (Å²) in [6, 6.07) is 33.3. The summed E-state index contributed by atoms with van der Waals surface area (Å²) in [7, 11) is 0. The van der Waals surface area contributed by atoms with Gasteiger partial charge in [-0.2, -0.15) is 0 Å². The van der Waals surface area contributed by atoms with Crippen molar-refractivity contribution < 1.29 is 9.90 Å². The maximum absolute atomic E-state index is 12.9. The summed E-state index contributed by atoms with van der Waals surface area (Å²) in [4.78, 5) is 12.9. The lowest BCUT2D eigenvalue weighted by molar-refractivity contribution is 0.0698. The van der Waals surface area contributed by atoms with Crippen LogP contribution < -0.4 is 0 Å². The van der Waals surface area contributed by atoms with E-state index >= 15 is 0 Å². The number of carboxylic acid groups (broad SMARTS) is 1. The van der Waals surface area contributed by atoms with E-state index in [2.05, 4.69) is 79.7 Å². The Labute approximate surface area is 215 Å². The Morgan fingerprint density at radius 3 is 1.50 bits per heavy atom. The fourth-order valence-electron chi connectivity index (χ4n) is 5.36. The molecule has 172 valence electrons. The Balaban J connectivity index is 1.57. The van der Waals surface area contributed by atoms with Crippen molar-refractivity contribution in [3.05, 3.63) is 108 Å². The van der Waals surface area contributed by atoms with Crippen molar-refractivity contribution in [1.82, 2.24) is 0 Å². The maximum atomic E-state index is 12.9. The number of hydrogen-bond donors (Lipinski definition) is 1. The molecular weight excluding hydrogens is 480 g/mol. The second-order valence-corrected chi connectivity index (χ2v) is 11.2. The zero-order valence-corrected chi connectivity index (χ0v) is 21.0. The van der Waals surface area contributed by atoms with Gasteiger partial charge < -0.3 is 5.11 Å². The van der Waals surface area contributed by atoms with Crippen molar-refractivity contribution >= 4 is 69.0 Å². The minimum atomic E-state index is -0.906. The molecule has 0 unspecified atom stereocenters. The molecule has 0 fully saturated rings. The first kappa shape index (κ1) is 21.3. The summed E-state index contributed by atoms with van der Waals surface area (Å²) in [6.45, 7) is 2.05. The maximum Gasteiger partial charge on any atom is 0.336 e. The van der Waals surface area contributed by atoms with E-state index in [0.29, 0.717) is 5.56 Å². The van der Waals surface area contributed by atoms with Crippen molar-refractivity contribution in [1.29, 1.82) is 0 Å². The SMILES string of the molecule is Cc1cc(-c2cccc3c2sc2ccccc23)c(C(=O)O)c(-c2cccc3c2sc2ccccc23)c1. The lowest BCUT2D eigenvalue weighted by atomic mass is 9.89. The van der Waals surface area contributed by atoms with Gasteiger partial charge >= 0.3 is 5.97 Å². The van der Waals surface area contributed by atoms with Crippen LogP contribution in [0.4, 0.5) is 0 Å². The summed E-state index contributed by atoms with van der Waals surface area (Å²) >= 11 is 3.45. The fourth-order valence-corrected chi connectivity index (χ4v) is 7.82. The molecule has 2 aromatic heterocycles. The second kappa shape index (κ2) is 8.02. The van der Waals surface area contributed by atoms with Crippen molar-refractivity contribution in [2.45, 2.75) is 6.92 Å². The number of benzene rings is 5. The van der Waals surface area contributed by atoms with Crippen LogP contribution in [0.25, 0.3) is 62.6 Å². The minimum Gasteiger partial charge on any atom is -0.478 e. The van der Waals surface area contributed by atoms with E-state index in [-0.39, 0.29) is 0 Å². The van der Waals surface area contributed by atoms with E-state index in [1.165, 1.54) is 30.9 Å². The second-order valence-electron chi connectivity index (χ2n) is 9.10. The molecule has 0 bridgehead atoms. The molecule has 0 aliphatic carbocycles. The molecule has 2 heterocycles. The fraction of sp³-hybridized carbons (Fsp3) is 0.0312. The molecule has 0 amide bonds. The Bertz CT molecular complexity index is 1860. The molecule has 4 heteroatoms. The van der Waals surface area contributed by atoms with Crippen LogP contribution in [0.2, 0.25) is 0 Å². The monoisotopic (exact) mass is 500 g/mol. The summed E-state index contributed by atoms with van der Waals surface area (Å²) in [5, 5.41) is 15.3. The smallest absolute Gasteiger partial charge is 0.336 e. The third kappa shape index (κ3) is 3.12. The molecule has 0 atom stereocenters. The van der Waals surface area contributed by atoms with Gasteiger partial charge in [-0.05, 0) is 35.7 Å². The summed E-state index contributed by atoms with van der Waals surface area (Å²) in [5.41, 5.74) is 4.89. The van der Waals surface area contributed by atoms with Crippen molar-refractivity contribution in [2.75, 3.05) is 0 Å². The van der Waals surface area contributed by atoms with Gasteiger partial charge in [0, 0.05) is 51.5 Å². The first-order valence-corrected chi connectivity index (χ1v) is 13.4. The van der Waals surface area contributed by atoms with Crippen molar-refractivity contribution in [3.63, 3.8) is 0 Å². The average molecular weight is 501 g/mol. The van der Waals surface area contributed by atoms with E-state index in [1.54, 1.807) is 22.7 Å². The van der Waals surface area contributed by atoms with Crippen LogP contribution in [0.15, 0.2) is 97.1 Å². The van der Waals surface area contributed by atoms with Crippen LogP contribution in [0.1, 0.15) is 15.9 Å². The minimum absolute atomic E-state index is 0.357. The van der Waals surface area contributed by atoms with E-state index in [4.69, 9.17) is 0 Å². The third-order valence-electron chi connectivity index (χ3n) is 6.89. The first-order valence-electron chi connectivity index (χ1n) is 11.8. The average Bonchev–Trinajstić information content (AvgIpc) is 3.46. The Morgan fingerprint density at radius 1 is 0.583 bits per heavy atom. The topological polar surface area (TPSA) is 37.3 Å². The van der Waals surface area contributed by atoms with Gasteiger partial charge in [0.05, 0.1) is 5.56 Å². The van der Waals surface area contributed by atoms with Crippen LogP contribution in [0, 0.1) is 6.92 Å². The highest BCUT2D eigenvalue weighted by atomic mass is 32.1. The zero-order valence-electron chi connectivity index (χ0n) is 19.4. The quantitative estimate of drug-likeness (QED) is 0.262. The predicted molar refractivity (Wildman–Crippen MR) is 155 cm³/mol. The van der Waals surface area contributed by atoms with Crippen LogP contribution in [-0.2, 0) is 0 Å². The molecule has 5 aromatic carbocycles. The van der Waals surface area contributed by atoms with Gasteiger partial charge in [-0.15, -0.1) is 22.7 Å². The number of aromatic carboxylic acids is 1. The van der Waals surface area contributed by atoms with Crippen LogP contribution >= 0.6 is 22.7 Å². The largest absolute Gasteiger partial charge is 0.478 e. The normalized spacial score (nSPS) is 11.7. The highest BCUT2D eigenvalue weighted by molar-refractivity contribution is 7.26. The lowest BCUT2D eigenvalue weighted by Crippen LogP contribution is -2.04. The number of fused-ring (bicyclic) bond motifs is 6. The van der Waals surface area contributed by atoms with E-state index in [9.17, 15) is 9.90 Å². The highest BCUT2D eigenvalue weighted by Crippen LogP contribution is 2.45. The molecule has 7 aromatic rings. The van der Waals surface area contributed by atoms with Gasteiger partial charge in [0.2, 0.25) is 0 Å². The molecule has 36 heavy (non-hydrogen) atoms. The van der Waals surface area contributed by atoms with Gasteiger partial charge in [-0.3, -0.25) is 0 Å². The van der Waals surface area contributed by atoms with Crippen LogP contribution in [0.3, 0.4) is 0 Å². The number of carboxylic acids is 1. The highest BCUT2D eigenvalue weighted by Gasteiger charge is 2.23. The zero-order chi connectivity index (χ0) is 24.4. The standard InChI is InChI=1S/C32H20O2S2/c1-18-16-25(23-12-6-10-21-19-8-2-4-14-27(19)35-30(21)23)29(32(33)34)26(17-18)24-13-7-11-22-20-9-3-5-15-28(20)36-31(22)24/h2-17H,1H3,(H,33,34). The summed E-state index contributed by atoms with van der Waals surface area (Å²) in [5.74, 6) is -0.906. The van der Waals surface area contributed by atoms with Gasteiger partial charge in [0.1, 0.15) is 0 Å². The molecule has 0 aliphatic heterocycles. The van der Waals surface area contributed by atoms with Crippen LogP contribution in [-0.4, -0.2) is 11.1 Å². The first-order chi connectivity index (χ1) is 17.6. The van der Waals surface area contributed by atoms with Gasteiger partial charge in [-0.25, -0.2) is 4.79 Å². The molecule has 1 N–H and O–H groups in total. The molecule has 0 aliphatic rings. The summed E-state index contributed by atoms with van der Waals surface area (Å²) in [6.07, 6.45) is 0. The third-order valence-corrected chi connectivity index (χ3v) is 9.33. The molecule has 7 rings (SSSR count). The molecule has 0 radical (unpaired) electrons. The van der Waals surface area contributed by atoms with Crippen LogP contribution in [0.5, 0.6) is 0 Å². The van der Waals surface area contributed by atoms with E-state index < -0.39 is 5.97 Å². The molecule has 0 saturated carbocycles. The number of aryl methyl sites for hydroxylation is 1. The molecule has 2 nitrogen and oxygen atoms in total. The van der Waals surface area contributed by atoms with E-state index in [0.717, 1.165) is 37.2 Å². The molecule has 0 spiro atoms. The van der Waals surface area contributed by atoms with Gasteiger partial charge in [0.15, 0.2) is 0 Å². The number of thiophene rings is 2. The number of carbonyl (C=O) groups is 1. The predicted octanol–water partition coefficient (Wildman–Crippen LogP) is 9.76. The number of hydrogen-bond acceptors (Lipinski definition) is 3. The molecule has 0 saturated heterocycles. The Morgan fingerprint density at radius 2 is 1.03 bits per heavy atom.